The second-order valence-corrected chi connectivity index (χ2v) is 12.1. The van der Waals surface area contributed by atoms with Crippen LogP contribution in [-0.4, -0.2) is 100 Å². The zero-order valence-corrected chi connectivity index (χ0v) is 23.0. The molecule has 0 aromatic heterocycles. The highest BCUT2D eigenvalue weighted by Gasteiger charge is 2.64. The van der Waals surface area contributed by atoms with Crippen molar-refractivity contribution in [2.24, 2.45) is 17.6 Å². The number of likely N-dealkylation sites (N-methyl/N-ethyl adjacent to an activating group) is 1. The summed E-state index contributed by atoms with van der Waals surface area (Å²) in [4.78, 5) is 45.6. The van der Waals surface area contributed by atoms with Crippen LogP contribution >= 0.6 is 0 Å². The van der Waals surface area contributed by atoms with Gasteiger partial charge >= 0.3 is 0 Å². The second-order valence-electron chi connectivity index (χ2n) is 12.1. The Balaban J connectivity index is 1.54. The molecule has 11 heteroatoms. The van der Waals surface area contributed by atoms with Crippen LogP contribution in [0, 0.1) is 11.8 Å². The van der Waals surface area contributed by atoms with E-state index >= 15 is 0 Å². The highest BCUT2D eigenvalue weighted by Crippen LogP contribution is 2.55. The average molecular weight is 553 g/mol. The topological polar surface area (TPSA) is 168 Å². The van der Waals surface area contributed by atoms with E-state index in [9.17, 15) is 34.8 Å². The summed E-state index contributed by atoms with van der Waals surface area (Å²) in [5, 5.41) is 45.6. The van der Waals surface area contributed by atoms with Crippen molar-refractivity contribution in [3.05, 3.63) is 39.7 Å². The van der Waals surface area contributed by atoms with Gasteiger partial charge in [-0.25, -0.2) is 0 Å². The zero-order chi connectivity index (χ0) is 28.8. The molecule has 214 valence electrons. The number of amides is 1. The van der Waals surface area contributed by atoms with E-state index in [0.29, 0.717) is 6.42 Å². The van der Waals surface area contributed by atoms with Gasteiger partial charge in [-0.05, 0) is 82.4 Å². The summed E-state index contributed by atoms with van der Waals surface area (Å²) < 4.78 is 0. The van der Waals surface area contributed by atoms with Gasteiger partial charge in [0.2, 0.25) is 5.78 Å². The fourth-order valence-corrected chi connectivity index (χ4v) is 8.05. The number of carbonyl (C=O) groups excluding carboxylic acids is 3. The van der Waals surface area contributed by atoms with Crippen LogP contribution in [0.15, 0.2) is 23.0 Å². The number of anilines is 1. The maximum Gasteiger partial charge on any atom is 0.255 e. The number of aliphatic hydroxyl groups is 3. The first-order valence-corrected chi connectivity index (χ1v) is 13.9. The normalized spacial score (nSPS) is 32.3. The van der Waals surface area contributed by atoms with Crippen molar-refractivity contribution in [1.29, 1.82) is 0 Å². The Morgan fingerprint density at radius 2 is 1.80 bits per heavy atom. The third-order valence-corrected chi connectivity index (χ3v) is 9.78. The van der Waals surface area contributed by atoms with Crippen molar-refractivity contribution in [3.8, 4) is 5.75 Å². The molecule has 2 heterocycles. The summed E-state index contributed by atoms with van der Waals surface area (Å²) in [6.07, 6.45) is 3.54. The summed E-state index contributed by atoms with van der Waals surface area (Å²) in [5.74, 6) is -6.35. The smallest absolute Gasteiger partial charge is 0.255 e. The number of fused-ring (bicyclic) bond motifs is 5. The Hall–Kier alpha value is -3.41. The van der Waals surface area contributed by atoms with Crippen molar-refractivity contribution in [1.82, 2.24) is 9.80 Å². The zero-order valence-electron chi connectivity index (χ0n) is 23.0. The molecule has 1 aromatic carbocycles. The molecule has 6 rings (SSSR count). The quantitative estimate of drug-likeness (QED) is 0.340. The molecule has 5 atom stereocenters. The molecule has 40 heavy (non-hydrogen) atoms. The Kier molecular flexibility index (Phi) is 6.06. The van der Waals surface area contributed by atoms with Gasteiger partial charge in [0, 0.05) is 36.8 Å². The minimum absolute atomic E-state index is 0.0788. The summed E-state index contributed by atoms with van der Waals surface area (Å²) in [6, 6.07) is 0.718. The number of phenolic OH excluding ortho intramolecular Hbond substituents is 1. The number of carbonyl (C=O) groups is 3. The van der Waals surface area contributed by atoms with Crippen LogP contribution in [0.25, 0.3) is 5.76 Å². The lowest BCUT2D eigenvalue weighted by Gasteiger charge is -2.50. The largest absolute Gasteiger partial charge is 0.508 e. The average Bonchev–Trinajstić information content (AvgIpc) is 3.40. The van der Waals surface area contributed by atoms with Crippen LogP contribution in [0.5, 0.6) is 5.75 Å². The molecule has 11 nitrogen and oxygen atoms in total. The number of nitrogens with zero attached hydrogens (tertiary/aromatic N) is 3. The molecule has 6 N–H and O–H groups in total. The lowest BCUT2D eigenvalue weighted by molar-refractivity contribution is -0.153. The van der Waals surface area contributed by atoms with Crippen LogP contribution < -0.4 is 10.6 Å². The first kappa shape index (κ1) is 26.8. The standard InChI is InChI=1S/C29H36N4O7/c1-31(2)23-16-11-13-10-15-20(18(34)12-14-17(33-7-4-5-8-33)6-9-32(3)22(14)15)24(35)19(13)26(37)29(16,40)27(38)21(25(23)36)28(30)39/h12-13,16-17,23,34-35,38,40H,4-11H2,1-3H3,(H2,30,39)/t13-,16-,17?,23-,29+/m1/s1. The fraction of sp³-hybridized carbons (Fsp3) is 0.552. The van der Waals surface area contributed by atoms with E-state index in [4.69, 9.17) is 5.73 Å². The molecule has 2 aliphatic heterocycles. The number of hydrogen-bond donors (Lipinski definition) is 5. The first-order chi connectivity index (χ1) is 18.9. The predicted octanol–water partition coefficient (Wildman–Crippen LogP) is 0.941. The van der Waals surface area contributed by atoms with Gasteiger partial charge in [-0.1, -0.05) is 0 Å². The molecule has 1 saturated heterocycles. The van der Waals surface area contributed by atoms with Crippen LogP contribution in [0.4, 0.5) is 5.69 Å². The minimum atomic E-state index is -2.63. The number of benzene rings is 1. The van der Waals surface area contributed by atoms with Gasteiger partial charge in [-0.3, -0.25) is 24.2 Å². The fourth-order valence-electron chi connectivity index (χ4n) is 8.05. The molecule has 0 spiro atoms. The van der Waals surface area contributed by atoms with E-state index in [2.05, 4.69) is 9.80 Å². The van der Waals surface area contributed by atoms with Gasteiger partial charge in [0.15, 0.2) is 11.4 Å². The van der Waals surface area contributed by atoms with E-state index in [1.54, 1.807) is 20.2 Å². The van der Waals surface area contributed by atoms with E-state index in [1.807, 2.05) is 7.05 Å². The van der Waals surface area contributed by atoms with Gasteiger partial charge in [0.05, 0.1) is 11.6 Å². The van der Waals surface area contributed by atoms with Crippen molar-refractivity contribution < 1.29 is 34.8 Å². The number of nitrogens with two attached hydrogens (primary N) is 1. The van der Waals surface area contributed by atoms with Crippen molar-refractivity contribution >= 4 is 28.9 Å². The number of aromatic hydroxyl groups is 1. The molecule has 1 saturated carbocycles. The Morgan fingerprint density at radius 1 is 1.12 bits per heavy atom. The van der Waals surface area contributed by atoms with Crippen LogP contribution in [0.3, 0.4) is 0 Å². The highest BCUT2D eigenvalue weighted by molar-refractivity contribution is 6.24. The number of Topliss-reactive ketones (excluding diaryl/α,β-unsaturated/α-hetero) is 2. The number of primary amides is 1. The Morgan fingerprint density at radius 3 is 2.42 bits per heavy atom. The number of phenols is 1. The molecular weight excluding hydrogens is 516 g/mol. The predicted molar refractivity (Wildman–Crippen MR) is 146 cm³/mol. The molecular formula is C29H36N4O7. The maximum atomic E-state index is 14.0. The maximum absolute atomic E-state index is 14.0. The monoisotopic (exact) mass is 552 g/mol. The van der Waals surface area contributed by atoms with Crippen LogP contribution in [0.1, 0.15) is 48.4 Å². The van der Waals surface area contributed by atoms with Crippen molar-refractivity contribution in [2.45, 2.75) is 49.8 Å². The minimum Gasteiger partial charge on any atom is -0.508 e. The molecule has 1 aromatic rings. The van der Waals surface area contributed by atoms with E-state index in [1.165, 1.54) is 4.90 Å². The third-order valence-electron chi connectivity index (χ3n) is 9.78. The van der Waals surface area contributed by atoms with Crippen molar-refractivity contribution in [3.63, 3.8) is 0 Å². The number of hydrogen-bond acceptors (Lipinski definition) is 10. The molecule has 1 amide bonds. The first-order valence-electron chi connectivity index (χ1n) is 13.9. The Bertz CT molecular complexity index is 1410. The van der Waals surface area contributed by atoms with Gasteiger partial charge < -0.3 is 31.1 Å². The molecule has 3 aliphatic carbocycles. The van der Waals surface area contributed by atoms with Gasteiger partial charge in [-0.2, -0.15) is 0 Å². The molecule has 0 radical (unpaired) electrons. The lowest BCUT2D eigenvalue weighted by atomic mass is 9.57. The SMILES string of the molecule is CN1CCC(N2CCCC2)c2cc(O)c3c(c21)C[C@@H]1C[C@@H]2[C@@H](N(C)C)C(=O)C(C(N)=O)=C(O)[C@@]2(O)C(=O)C1=C3O. The molecule has 5 aliphatic rings. The molecule has 1 unspecified atom stereocenters. The second kappa shape index (κ2) is 9.05. The summed E-state index contributed by atoms with van der Waals surface area (Å²) in [7, 11) is 5.16. The summed E-state index contributed by atoms with van der Waals surface area (Å²) in [5.41, 5.74) is 4.61. The number of rotatable bonds is 3. The molecule has 2 fully saturated rings. The van der Waals surface area contributed by atoms with E-state index < -0.39 is 58.0 Å². The van der Waals surface area contributed by atoms with Crippen LogP contribution in [0.2, 0.25) is 0 Å². The van der Waals surface area contributed by atoms with Crippen LogP contribution in [-0.2, 0) is 20.8 Å². The van der Waals surface area contributed by atoms with E-state index in [-0.39, 0.29) is 29.3 Å². The Labute approximate surface area is 232 Å². The number of likely N-dealkylation sites (tertiary alicyclic amines) is 1. The summed E-state index contributed by atoms with van der Waals surface area (Å²) >= 11 is 0. The third kappa shape index (κ3) is 3.44. The number of aliphatic hydroxyl groups excluding tert-OH is 2. The molecule has 0 bridgehead atoms. The van der Waals surface area contributed by atoms with E-state index in [0.717, 1.165) is 55.7 Å². The van der Waals surface area contributed by atoms with Gasteiger partial charge in [0.25, 0.3) is 5.91 Å². The summed E-state index contributed by atoms with van der Waals surface area (Å²) in [6.45, 7) is 2.77. The van der Waals surface area contributed by atoms with Gasteiger partial charge in [-0.15, -0.1) is 0 Å². The lowest BCUT2D eigenvalue weighted by Crippen LogP contribution is -2.65. The number of ketones is 2. The van der Waals surface area contributed by atoms with Gasteiger partial charge in [0.1, 0.15) is 22.8 Å². The highest BCUT2D eigenvalue weighted by atomic mass is 16.3. The van der Waals surface area contributed by atoms with Crippen molar-refractivity contribution in [2.75, 3.05) is 45.7 Å².